The molecule has 2 saturated heterocycles. The summed E-state index contributed by atoms with van der Waals surface area (Å²) < 4.78 is 16.9. The van der Waals surface area contributed by atoms with E-state index in [0.717, 1.165) is 0 Å². The molecule has 2 aliphatic heterocycles. The standard InChI is InChI=1S/C14H24N2O7/c1-5-4-6(17)14(20)13(21-5)22-12-10(19)7(15-2)9(18)8(16-3)11(12)23-14/h5,7-13,15-16,18-20H,4H2,1-3H3/p+2/t5-,7-,8+,9+,10-,11+,12-,13+,14+/m1/s1. The molecule has 0 aromatic rings. The number of carbonyl (C=O) groups is 1. The molecule has 0 aromatic carbocycles. The first-order chi connectivity index (χ1) is 10.8. The Bertz CT molecular complexity index is 478. The zero-order valence-corrected chi connectivity index (χ0v) is 13.5. The van der Waals surface area contributed by atoms with E-state index >= 15 is 0 Å². The molecule has 0 bridgehead atoms. The Labute approximate surface area is 133 Å². The van der Waals surface area contributed by atoms with Gasteiger partial charge < -0.3 is 40.2 Å². The minimum absolute atomic E-state index is 0.0186. The van der Waals surface area contributed by atoms with Crippen LogP contribution in [0, 0.1) is 0 Å². The fourth-order valence-electron chi connectivity index (χ4n) is 3.86. The van der Waals surface area contributed by atoms with Crippen molar-refractivity contribution in [3.63, 3.8) is 0 Å². The third-order valence-electron chi connectivity index (χ3n) is 5.14. The number of aliphatic hydroxyl groups excluding tert-OH is 2. The highest BCUT2D eigenvalue weighted by Crippen LogP contribution is 2.39. The van der Waals surface area contributed by atoms with Gasteiger partial charge in [-0.2, -0.15) is 0 Å². The summed E-state index contributed by atoms with van der Waals surface area (Å²) in [5, 5.41) is 35.1. The number of quaternary nitrogens is 2. The lowest BCUT2D eigenvalue weighted by Crippen LogP contribution is -3.03. The van der Waals surface area contributed by atoms with Crippen LogP contribution >= 0.6 is 0 Å². The molecule has 7 N–H and O–H groups in total. The number of Topliss-reactive ketones (excluding diaryl/α,β-unsaturated/α-hetero) is 1. The van der Waals surface area contributed by atoms with Crippen LogP contribution in [0.4, 0.5) is 0 Å². The molecule has 9 heteroatoms. The molecule has 3 aliphatic rings. The topological polar surface area (TPSA) is 139 Å². The highest BCUT2D eigenvalue weighted by Gasteiger charge is 2.65. The fourth-order valence-corrected chi connectivity index (χ4v) is 3.86. The Balaban J connectivity index is 1.92. The maximum atomic E-state index is 12.2. The molecular weight excluding hydrogens is 308 g/mol. The van der Waals surface area contributed by atoms with Crippen molar-refractivity contribution in [3.8, 4) is 0 Å². The lowest BCUT2D eigenvalue weighted by Gasteiger charge is -2.53. The quantitative estimate of drug-likeness (QED) is 0.341. The third kappa shape index (κ3) is 2.52. The van der Waals surface area contributed by atoms with E-state index in [2.05, 4.69) is 0 Å². The summed E-state index contributed by atoms with van der Waals surface area (Å²) in [6, 6.07) is -0.981. The highest BCUT2D eigenvalue weighted by atomic mass is 16.8. The number of fused-ring (bicyclic) bond motifs is 2. The summed E-state index contributed by atoms with van der Waals surface area (Å²) in [5.74, 6) is -2.71. The number of carbonyl (C=O) groups excluding carboxylic acids is 1. The van der Waals surface area contributed by atoms with Crippen molar-refractivity contribution in [2.75, 3.05) is 14.1 Å². The van der Waals surface area contributed by atoms with Crippen molar-refractivity contribution >= 4 is 5.78 Å². The molecule has 0 aromatic heterocycles. The second-order valence-corrected chi connectivity index (χ2v) is 6.59. The predicted octanol–water partition coefficient (Wildman–Crippen LogP) is -4.98. The average molecular weight is 334 g/mol. The molecule has 3 fully saturated rings. The third-order valence-corrected chi connectivity index (χ3v) is 5.14. The maximum absolute atomic E-state index is 12.2. The van der Waals surface area contributed by atoms with Crippen molar-refractivity contribution in [1.29, 1.82) is 0 Å². The summed E-state index contributed by atoms with van der Waals surface area (Å²) in [7, 11) is 3.52. The van der Waals surface area contributed by atoms with Gasteiger partial charge in [0.05, 0.1) is 20.2 Å². The van der Waals surface area contributed by atoms with E-state index in [-0.39, 0.29) is 6.42 Å². The van der Waals surface area contributed by atoms with Gasteiger partial charge in [-0.1, -0.05) is 0 Å². The van der Waals surface area contributed by atoms with E-state index < -0.39 is 60.5 Å². The van der Waals surface area contributed by atoms with E-state index in [1.165, 1.54) is 0 Å². The van der Waals surface area contributed by atoms with Crippen LogP contribution in [0.2, 0.25) is 0 Å². The van der Waals surface area contributed by atoms with E-state index in [9.17, 15) is 20.1 Å². The van der Waals surface area contributed by atoms with Crippen LogP contribution in [0.15, 0.2) is 0 Å². The Kier molecular flexibility index (Phi) is 4.49. The first kappa shape index (κ1) is 17.2. The van der Waals surface area contributed by atoms with Crippen LogP contribution in [0.3, 0.4) is 0 Å². The van der Waals surface area contributed by atoms with E-state index in [1.807, 2.05) is 0 Å². The lowest BCUT2D eigenvalue weighted by atomic mass is 9.80. The summed E-state index contributed by atoms with van der Waals surface area (Å²) in [6.07, 6.45) is -5.20. The molecule has 132 valence electrons. The lowest BCUT2D eigenvalue weighted by molar-refractivity contribution is -0.731. The Morgan fingerprint density at radius 2 is 1.74 bits per heavy atom. The molecule has 9 nitrogen and oxygen atoms in total. The number of rotatable bonds is 2. The molecule has 23 heavy (non-hydrogen) atoms. The molecule has 3 rings (SSSR count). The van der Waals surface area contributed by atoms with Crippen LogP contribution in [0.25, 0.3) is 0 Å². The van der Waals surface area contributed by atoms with Gasteiger partial charge in [0.25, 0.3) is 5.79 Å². The number of likely N-dealkylation sites (N-methyl/N-ethyl adjacent to an activating group) is 2. The van der Waals surface area contributed by atoms with Gasteiger partial charge in [-0.05, 0) is 6.92 Å². The fraction of sp³-hybridized carbons (Fsp3) is 0.929. The largest absolute Gasteiger partial charge is 0.384 e. The number of aliphatic hydroxyl groups is 3. The van der Waals surface area contributed by atoms with E-state index in [1.54, 1.807) is 31.7 Å². The van der Waals surface area contributed by atoms with E-state index in [4.69, 9.17) is 14.2 Å². The van der Waals surface area contributed by atoms with Gasteiger partial charge in [-0.3, -0.25) is 4.79 Å². The molecule has 2 heterocycles. The maximum Gasteiger partial charge on any atom is 0.280 e. The monoisotopic (exact) mass is 334 g/mol. The summed E-state index contributed by atoms with van der Waals surface area (Å²) in [4.78, 5) is 12.2. The average Bonchev–Trinajstić information content (AvgIpc) is 2.49. The second kappa shape index (κ2) is 6.01. The Morgan fingerprint density at radius 3 is 2.35 bits per heavy atom. The van der Waals surface area contributed by atoms with Crippen LogP contribution < -0.4 is 10.6 Å². The van der Waals surface area contributed by atoms with Gasteiger partial charge >= 0.3 is 0 Å². The first-order valence-corrected chi connectivity index (χ1v) is 8.03. The number of hydrogen-bond acceptors (Lipinski definition) is 7. The Hall–Kier alpha value is -0.650. The SMILES string of the molecule is C[NH2+][C@H]1[C@@H](O)[C@H]2O[C@@H]3O[C@H](C)CC(=O)[C@]3(O)O[C@H]2[C@@H]([NH2+]C)[C@H]1O. The second-order valence-electron chi connectivity index (χ2n) is 6.59. The van der Waals surface area contributed by atoms with Crippen LogP contribution in [0.5, 0.6) is 0 Å². The van der Waals surface area contributed by atoms with Crippen molar-refractivity contribution in [1.82, 2.24) is 0 Å². The number of nitrogens with two attached hydrogens (primary N) is 2. The summed E-state index contributed by atoms with van der Waals surface area (Å²) in [6.45, 7) is 1.71. The number of ketones is 1. The molecule has 0 spiro atoms. The smallest absolute Gasteiger partial charge is 0.280 e. The van der Waals surface area contributed by atoms with Gasteiger partial charge in [0.1, 0.15) is 30.4 Å². The molecule has 1 saturated carbocycles. The van der Waals surface area contributed by atoms with Crippen LogP contribution in [0.1, 0.15) is 13.3 Å². The molecule has 9 atom stereocenters. The van der Waals surface area contributed by atoms with Gasteiger partial charge in [0, 0.05) is 6.42 Å². The summed E-state index contributed by atoms with van der Waals surface area (Å²) in [5.41, 5.74) is 0. The molecule has 0 amide bonds. The van der Waals surface area contributed by atoms with Crippen molar-refractivity contribution in [2.24, 2.45) is 0 Å². The van der Waals surface area contributed by atoms with Crippen LogP contribution in [-0.4, -0.2) is 89.9 Å². The molecule has 0 unspecified atom stereocenters. The summed E-state index contributed by atoms with van der Waals surface area (Å²) >= 11 is 0. The molecule has 1 aliphatic carbocycles. The van der Waals surface area contributed by atoms with Crippen molar-refractivity contribution in [2.45, 2.75) is 68.0 Å². The minimum Gasteiger partial charge on any atom is -0.384 e. The Morgan fingerprint density at radius 1 is 1.09 bits per heavy atom. The van der Waals surface area contributed by atoms with Crippen molar-refractivity contribution < 1.29 is 45.0 Å². The highest BCUT2D eigenvalue weighted by molar-refractivity contribution is 5.87. The molecule has 0 radical (unpaired) electrons. The zero-order chi connectivity index (χ0) is 16.9. The van der Waals surface area contributed by atoms with Gasteiger partial charge in [-0.25, -0.2) is 0 Å². The van der Waals surface area contributed by atoms with E-state index in [0.29, 0.717) is 0 Å². The van der Waals surface area contributed by atoms with Gasteiger partial charge in [0.15, 0.2) is 11.9 Å². The minimum atomic E-state index is -2.20. The van der Waals surface area contributed by atoms with Crippen LogP contribution in [-0.2, 0) is 19.0 Å². The molecular formula is C14H26N2O7+2. The van der Waals surface area contributed by atoms with Gasteiger partial charge in [-0.15, -0.1) is 0 Å². The number of ether oxygens (including phenoxy) is 3. The first-order valence-electron chi connectivity index (χ1n) is 8.03. The number of hydrogen-bond donors (Lipinski definition) is 5. The predicted molar refractivity (Wildman–Crippen MR) is 73.9 cm³/mol. The zero-order valence-electron chi connectivity index (χ0n) is 13.5. The normalized spacial score (nSPS) is 53.6. The van der Waals surface area contributed by atoms with Gasteiger partial charge in [0.2, 0.25) is 6.29 Å². The van der Waals surface area contributed by atoms with Crippen molar-refractivity contribution in [3.05, 3.63) is 0 Å².